The van der Waals surface area contributed by atoms with E-state index in [2.05, 4.69) is 10.3 Å². The van der Waals surface area contributed by atoms with Crippen LogP contribution in [0, 0.1) is 6.92 Å². The lowest BCUT2D eigenvalue weighted by Gasteiger charge is -2.10. The minimum Gasteiger partial charge on any atom is -0.481 e. The molecule has 0 unspecified atom stereocenters. The van der Waals surface area contributed by atoms with Crippen LogP contribution in [0.3, 0.4) is 0 Å². The van der Waals surface area contributed by atoms with E-state index in [9.17, 15) is 4.79 Å². The Morgan fingerprint density at radius 2 is 2.40 bits per heavy atom. The smallest absolute Gasteiger partial charge is 0.410 e. The van der Waals surface area contributed by atoms with Gasteiger partial charge in [-0.2, -0.15) is 4.98 Å². The van der Waals surface area contributed by atoms with E-state index < -0.39 is 6.09 Å². The summed E-state index contributed by atoms with van der Waals surface area (Å²) in [4.78, 5) is 14.4. The maximum Gasteiger partial charge on any atom is 0.410 e. The van der Waals surface area contributed by atoms with E-state index in [1.54, 1.807) is 6.07 Å². The monoisotopic (exact) mass is 211 g/mol. The van der Waals surface area contributed by atoms with Crippen LogP contribution >= 0.6 is 0 Å². The van der Waals surface area contributed by atoms with E-state index in [1.165, 1.54) is 7.11 Å². The van der Waals surface area contributed by atoms with Gasteiger partial charge in [-0.25, -0.2) is 4.79 Å². The number of methoxy groups -OCH3 is 1. The van der Waals surface area contributed by atoms with Crippen molar-refractivity contribution in [3.05, 3.63) is 17.2 Å². The van der Waals surface area contributed by atoms with E-state index in [0.29, 0.717) is 12.4 Å². The zero-order valence-corrected chi connectivity index (χ0v) is 8.57. The number of rotatable bonds is 3. The van der Waals surface area contributed by atoms with Gasteiger partial charge in [0.2, 0.25) is 5.88 Å². The minimum absolute atomic E-state index is 0.231. The van der Waals surface area contributed by atoms with Gasteiger partial charge in [-0.15, -0.1) is 0 Å². The van der Waals surface area contributed by atoms with Crippen LogP contribution in [0.15, 0.2) is 6.07 Å². The number of aryl methyl sites for hydroxylation is 1. The highest BCUT2D eigenvalue weighted by Crippen LogP contribution is 2.22. The van der Waals surface area contributed by atoms with Crippen LogP contribution in [0.1, 0.15) is 11.1 Å². The molecule has 0 aliphatic rings. The molecule has 0 aromatic carbocycles. The maximum atomic E-state index is 10.4. The number of aromatic nitrogens is 1. The number of ether oxygens (including phenoxy) is 1. The average Bonchev–Trinajstić information content (AvgIpc) is 2.15. The molecule has 0 bridgehead atoms. The number of nitrogens with two attached hydrogens (primary N) is 1. The second kappa shape index (κ2) is 4.61. The highest BCUT2D eigenvalue weighted by atomic mass is 16.5. The number of nitrogens with zero attached hydrogens (tertiary/aromatic N) is 1. The molecule has 4 N–H and O–H groups in total. The van der Waals surface area contributed by atoms with Gasteiger partial charge in [0.05, 0.1) is 7.11 Å². The molecule has 0 radical (unpaired) electrons. The summed E-state index contributed by atoms with van der Waals surface area (Å²) in [6.45, 7) is 2.12. The van der Waals surface area contributed by atoms with Gasteiger partial charge in [-0.05, 0) is 18.6 Å². The second-order valence-corrected chi connectivity index (χ2v) is 2.95. The Morgan fingerprint density at radius 1 is 1.73 bits per heavy atom. The van der Waals surface area contributed by atoms with Crippen molar-refractivity contribution >= 4 is 11.9 Å². The molecule has 15 heavy (non-hydrogen) atoms. The topological polar surface area (TPSA) is 97.5 Å². The van der Waals surface area contributed by atoms with Crippen molar-refractivity contribution in [3.63, 3.8) is 0 Å². The van der Waals surface area contributed by atoms with Gasteiger partial charge in [-0.1, -0.05) is 0 Å². The summed E-state index contributed by atoms with van der Waals surface area (Å²) in [7, 11) is 1.46. The van der Waals surface area contributed by atoms with Gasteiger partial charge in [0, 0.05) is 12.1 Å². The normalized spacial score (nSPS) is 9.80. The molecule has 6 nitrogen and oxygen atoms in total. The Morgan fingerprint density at radius 3 is 2.87 bits per heavy atom. The quantitative estimate of drug-likeness (QED) is 0.691. The first-order chi connectivity index (χ1) is 7.08. The van der Waals surface area contributed by atoms with Crippen LogP contribution in [0.2, 0.25) is 0 Å². The third-order valence-electron chi connectivity index (χ3n) is 1.94. The summed E-state index contributed by atoms with van der Waals surface area (Å²) in [5.41, 5.74) is 7.13. The standard InChI is InChI=1S/C9H13N3O3/c1-5-3-7(12-9(13)14)11-8(15-2)6(5)4-10/h3H,4,10H2,1-2H3,(H,11,12)(H,13,14). The number of pyridine rings is 1. The first-order valence-corrected chi connectivity index (χ1v) is 4.33. The number of anilines is 1. The molecule has 0 aliphatic heterocycles. The Hall–Kier alpha value is -1.82. The van der Waals surface area contributed by atoms with Crippen molar-refractivity contribution in [2.24, 2.45) is 5.73 Å². The lowest BCUT2D eigenvalue weighted by molar-refractivity contribution is 0.209. The fraction of sp³-hybridized carbons (Fsp3) is 0.333. The van der Waals surface area contributed by atoms with E-state index >= 15 is 0 Å². The van der Waals surface area contributed by atoms with Crippen LogP contribution < -0.4 is 15.8 Å². The highest BCUT2D eigenvalue weighted by molar-refractivity contribution is 5.81. The van der Waals surface area contributed by atoms with E-state index in [-0.39, 0.29) is 5.82 Å². The van der Waals surface area contributed by atoms with Gasteiger partial charge < -0.3 is 15.6 Å². The number of nitrogens with one attached hydrogen (secondary N) is 1. The third-order valence-corrected chi connectivity index (χ3v) is 1.94. The molecule has 0 atom stereocenters. The summed E-state index contributed by atoms with van der Waals surface area (Å²) in [6.07, 6.45) is -1.16. The van der Waals surface area contributed by atoms with E-state index in [0.717, 1.165) is 11.1 Å². The molecule has 6 heteroatoms. The molecule has 0 spiro atoms. The van der Waals surface area contributed by atoms with Crippen molar-refractivity contribution in [3.8, 4) is 5.88 Å². The second-order valence-electron chi connectivity index (χ2n) is 2.95. The molecular formula is C9H13N3O3. The molecule has 1 aromatic rings. The number of carbonyl (C=O) groups is 1. The van der Waals surface area contributed by atoms with Crippen LogP contribution in [-0.2, 0) is 6.54 Å². The third kappa shape index (κ3) is 2.57. The molecule has 1 heterocycles. The zero-order chi connectivity index (χ0) is 11.4. The Bertz CT molecular complexity index is 379. The molecule has 1 amide bonds. The zero-order valence-electron chi connectivity index (χ0n) is 8.57. The summed E-state index contributed by atoms with van der Waals surface area (Å²) in [5.74, 6) is 0.579. The average molecular weight is 211 g/mol. The van der Waals surface area contributed by atoms with E-state index in [1.807, 2.05) is 6.92 Å². The lowest BCUT2D eigenvalue weighted by atomic mass is 10.1. The fourth-order valence-electron chi connectivity index (χ4n) is 1.26. The largest absolute Gasteiger partial charge is 0.481 e. The van der Waals surface area contributed by atoms with Crippen molar-refractivity contribution in [2.75, 3.05) is 12.4 Å². The Labute approximate surface area is 87.1 Å². The van der Waals surface area contributed by atoms with Crippen molar-refractivity contribution in [1.29, 1.82) is 0 Å². The van der Waals surface area contributed by atoms with Crippen LogP contribution in [-0.4, -0.2) is 23.3 Å². The molecule has 1 rings (SSSR count). The molecule has 0 saturated carbocycles. The van der Waals surface area contributed by atoms with Crippen LogP contribution in [0.25, 0.3) is 0 Å². The van der Waals surface area contributed by atoms with Gasteiger partial charge in [-0.3, -0.25) is 5.32 Å². The Kier molecular flexibility index (Phi) is 3.46. The molecule has 1 aromatic heterocycles. The summed E-state index contributed by atoms with van der Waals surface area (Å²) in [6, 6.07) is 1.61. The van der Waals surface area contributed by atoms with E-state index in [4.69, 9.17) is 15.6 Å². The Balaban J connectivity index is 3.13. The highest BCUT2D eigenvalue weighted by Gasteiger charge is 2.10. The summed E-state index contributed by atoms with van der Waals surface area (Å²) < 4.78 is 5.02. The SMILES string of the molecule is COc1nc(NC(=O)O)cc(C)c1CN. The predicted octanol–water partition coefficient (Wildman–Crippen LogP) is 0.947. The lowest BCUT2D eigenvalue weighted by Crippen LogP contribution is -2.11. The summed E-state index contributed by atoms with van der Waals surface area (Å²) >= 11 is 0. The molecule has 82 valence electrons. The maximum absolute atomic E-state index is 10.4. The molecule has 0 aliphatic carbocycles. The summed E-state index contributed by atoms with van der Waals surface area (Å²) in [5, 5.41) is 10.7. The van der Waals surface area contributed by atoms with Gasteiger partial charge in [0.15, 0.2) is 0 Å². The minimum atomic E-state index is -1.16. The first kappa shape index (κ1) is 11.3. The molecule has 0 fully saturated rings. The van der Waals surface area contributed by atoms with Crippen LogP contribution in [0.5, 0.6) is 5.88 Å². The molecular weight excluding hydrogens is 198 g/mol. The van der Waals surface area contributed by atoms with Gasteiger partial charge in [0.1, 0.15) is 5.82 Å². The van der Waals surface area contributed by atoms with Crippen molar-refractivity contribution in [2.45, 2.75) is 13.5 Å². The molecule has 0 saturated heterocycles. The number of amides is 1. The number of hydrogen-bond donors (Lipinski definition) is 3. The van der Waals surface area contributed by atoms with Crippen LogP contribution in [0.4, 0.5) is 10.6 Å². The van der Waals surface area contributed by atoms with Gasteiger partial charge >= 0.3 is 6.09 Å². The predicted molar refractivity (Wildman–Crippen MR) is 55.1 cm³/mol. The number of hydrogen-bond acceptors (Lipinski definition) is 4. The number of carboxylic acid groups (broad SMARTS) is 1. The fourth-order valence-corrected chi connectivity index (χ4v) is 1.26. The first-order valence-electron chi connectivity index (χ1n) is 4.33. The van der Waals surface area contributed by atoms with Gasteiger partial charge in [0.25, 0.3) is 0 Å². The van der Waals surface area contributed by atoms with Crippen molar-refractivity contribution < 1.29 is 14.6 Å². The van der Waals surface area contributed by atoms with Crippen molar-refractivity contribution in [1.82, 2.24) is 4.98 Å².